The highest BCUT2D eigenvalue weighted by atomic mass is 19.4. The molecular formula is C18H20F3N5O. The second-order valence-electron chi connectivity index (χ2n) is 6.40. The van der Waals surface area contributed by atoms with Gasteiger partial charge < -0.3 is 10.2 Å². The standard InChI is InChI=1S/C18H20F3N5O/c1-3-12-8-14(26-7-6-25(2)11-16(26)27)4-5-15(12)24-17-22-9-13(10-23-17)18(19,20)21/h4-5,8-10H,3,6-7,11H2,1-2H3,(H,22,23,24). The van der Waals surface area contributed by atoms with E-state index in [1.165, 1.54) is 0 Å². The molecule has 0 aliphatic carbocycles. The van der Waals surface area contributed by atoms with E-state index in [0.29, 0.717) is 25.2 Å². The Balaban J connectivity index is 1.79. The highest BCUT2D eigenvalue weighted by Gasteiger charge is 2.31. The van der Waals surface area contributed by atoms with Gasteiger partial charge in [0.2, 0.25) is 11.9 Å². The van der Waals surface area contributed by atoms with E-state index >= 15 is 0 Å². The third-order valence-corrected chi connectivity index (χ3v) is 4.42. The van der Waals surface area contributed by atoms with E-state index in [1.54, 1.807) is 11.0 Å². The Bertz CT molecular complexity index is 823. The van der Waals surface area contributed by atoms with Gasteiger partial charge in [-0.25, -0.2) is 9.97 Å². The Morgan fingerprint density at radius 1 is 1.19 bits per heavy atom. The normalized spacial score (nSPS) is 15.9. The van der Waals surface area contributed by atoms with Crippen LogP contribution in [0.4, 0.5) is 30.5 Å². The number of likely N-dealkylation sites (N-methyl/N-ethyl adjacent to an activating group) is 1. The molecular weight excluding hydrogens is 359 g/mol. The minimum absolute atomic E-state index is 0.0394. The number of hydrogen-bond donors (Lipinski definition) is 1. The first-order valence-corrected chi connectivity index (χ1v) is 8.56. The zero-order chi connectivity index (χ0) is 19.6. The molecule has 2 aromatic rings. The fourth-order valence-corrected chi connectivity index (χ4v) is 2.89. The maximum absolute atomic E-state index is 12.6. The summed E-state index contributed by atoms with van der Waals surface area (Å²) in [6.45, 7) is 3.75. The topological polar surface area (TPSA) is 61.4 Å². The quantitative estimate of drug-likeness (QED) is 0.885. The Kier molecular flexibility index (Phi) is 5.31. The van der Waals surface area contributed by atoms with Crippen molar-refractivity contribution in [2.24, 2.45) is 0 Å². The predicted molar refractivity (Wildman–Crippen MR) is 96.0 cm³/mol. The summed E-state index contributed by atoms with van der Waals surface area (Å²) >= 11 is 0. The molecule has 0 bridgehead atoms. The zero-order valence-electron chi connectivity index (χ0n) is 15.0. The van der Waals surface area contributed by atoms with Gasteiger partial charge in [-0.1, -0.05) is 6.92 Å². The zero-order valence-corrected chi connectivity index (χ0v) is 15.0. The monoisotopic (exact) mass is 379 g/mol. The number of nitrogens with zero attached hydrogens (tertiary/aromatic N) is 4. The minimum Gasteiger partial charge on any atom is -0.324 e. The number of amides is 1. The number of rotatable bonds is 4. The number of hydrogen-bond acceptors (Lipinski definition) is 5. The lowest BCUT2D eigenvalue weighted by molar-refractivity contribution is -0.138. The molecule has 2 heterocycles. The van der Waals surface area contributed by atoms with Crippen LogP contribution in [0.25, 0.3) is 0 Å². The Morgan fingerprint density at radius 3 is 2.48 bits per heavy atom. The number of aryl methyl sites for hydroxylation is 1. The third kappa shape index (κ3) is 4.36. The van der Waals surface area contributed by atoms with Gasteiger partial charge in [-0.15, -0.1) is 0 Å². The van der Waals surface area contributed by atoms with Crippen LogP contribution < -0.4 is 10.2 Å². The SMILES string of the molecule is CCc1cc(N2CCN(C)CC2=O)ccc1Nc1ncc(C(F)(F)F)cn1. The van der Waals surface area contributed by atoms with E-state index in [9.17, 15) is 18.0 Å². The van der Waals surface area contributed by atoms with Crippen LogP contribution in [0.3, 0.4) is 0 Å². The van der Waals surface area contributed by atoms with E-state index in [1.807, 2.05) is 31.0 Å². The van der Waals surface area contributed by atoms with Crippen LogP contribution in [0.15, 0.2) is 30.6 Å². The first kappa shape index (κ1) is 19.1. The average molecular weight is 379 g/mol. The highest BCUT2D eigenvalue weighted by molar-refractivity contribution is 5.95. The second-order valence-corrected chi connectivity index (χ2v) is 6.40. The fourth-order valence-electron chi connectivity index (χ4n) is 2.89. The molecule has 0 radical (unpaired) electrons. The number of aromatic nitrogens is 2. The maximum atomic E-state index is 12.6. The first-order valence-electron chi connectivity index (χ1n) is 8.56. The second kappa shape index (κ2) is 7.51. The van der Waals surface area contributed by atoms with Crippen molar-refractivity contribution in [1.29, 1.82) is 0 Å². The van der Waals surface area contributed by atoms with Crippen LogP contribution in [-0.2, 0) is 17.4 Å². The van der Waals surface area contributed by atoms with E-state index in [0.717, 1.165) is 30.2 Å². The van der Waals surface area contributed by atoms with Crippen molar-refractivity contribution >= 4 is 23.2 Å². The van der Waals surface area contributed by atoms with Crippen molar-refractivity contribution < 1.29 is 18.0 Å². The molecule has 0 atom stereocenters. The van der Waals surface area contributed by atoms with Crippen LogP contribution in [0.1, 0.15) is 18.1 Å². The molecule has 0 saturated carbocycles. The molecule has 6 nitrogen and oxygen atoms in total. The molecule has 1 aliphatic rings. The average Bonchev–Trinajstić information content (AvgIpc) is 2.62. The van der Waals surface area contributed by atoms with Gasteiger partial charge >= 0.3 is 6.18 Å². The molecule has 0 spiro atoms. The molecule has 1 aromatic carbocycles. The number of piperazine rings is 1. The molecule has 1 N–H and O–H groups in total. The molecule has 144 valence electrons. The smallest absolute Gasteiger partial charge is 0.324 e. The molecule has 1 fully saturated rings. The van der Waals surface area contributed by atoms with Crippen LogP contribution in [0, 0.1) is 0 Å². The van der Waals surface area contributed by atoms with Crippen molar-refractivity contribution in [3.05, 3.63) is 41.7 Å². The Morgan fingerprint density at radius 2 is 1.89 bits per heavy atom. The van der Waals surface area contributed by atoms with Crippen molar-refractivity contribution in [2.75, 3.05) is 36.9 Å². The molecule has 1 amide bonds. The van der Waals surface area contributed by atoms with Gasteiger partial charge in [0.1, 0.15) is 0 Å². The fraction of sp³-hybridized carbons (Fsp3) is 0.389. The number of carbonyl (C=O) groups is 1. The summed E-state index contributed by atoms with van der Waals surface area (Å²) in [5, 5.41) is 2.95. The van der Waals surface area contributed by atoms with E-state index in [-0.39, 0.29) is 11.9 Å². The van der Waals surface area contributed by atoms with E-state index in [4.69, 9.17) is 0 Å². The molecule has 3 rings (SSSR count). The van der Waals surface area contributed by atoms with Crippen LogP contribution >= 0.6 is 0 Å². The summed E-state index contributed by atoms with van der Waals surface area (Å²) in [6.07, 6.45) is -2.29. The van der Waals surface area contributed by atoms with Gasteiger partial charge in [-0.05, 0) is 37.2 Å². The van der Waals surface area contributed by atoms with Crippen molar-refractivity contribution in [1.82, 2.24) is 14.9 Å². The lowest BCUT2D eigenvalue weighted by atomic mass is 10.1. The molecule has 1 aromatic heterocycles. The summed E-state index contributed by atoms with van der Waals surface area (Å²) in [7, 11) is 1.91. The summed E-state index contributed by atoms with van der Waals surface area (Å²) < 4.78 is 37.8. The molecule has 1 aliphatic heterocycles. The highest BCUT2D eigenvalue weighted by Crippen LogP contribution is 2.29. The summed E-state index contributed by atoms with van der Waals surface area (Å²) in [6, 6.07) is 5.52. The Hall–Kier alpha value is -2.68. The molecule has 0 unspecified atom stereocenters. The molecule has 27 heavy (non-hydrogen) atoms. The number of nitrogens with one attached hydrogen (secondary N) is 1. The summed E-state index contributed by atoms with van der Waals surface area (Å²) in [5.74, 6) is 0.124. The molecule has 1 saturated heterocycles. The van der Waals surface area contributed by atoms with E-state index in [2.05, 4.69) is 15.3 Å². The predicted octanol–water partition coefficient (Wildman–Crippen LogP) is 3.08. The van der Waals surface area contributed by atoms with Crippen molar-refractivity contribution in [2.45, 2.75) is 19.5 Å². The number of halogens is 3. The van der Waals surface area contributed by atoms with E-state index < -0.39 is 11.7 Å². The first-order chi connectivity index (χ1) is 12.8. The van der Waals surface area contributed by atoms with Gasteiger partial charge in [-0.3, -0.25) is 9.69 Å². The van der Waals surface area contributed by atoms with Gasteiger partial charge in [0.05, 0.1) is 12.1 Å². The molecule has 9 heteroatoms. The Labute approximate surface area is 155 Å². The largest absolute Gasteiger partial charge is 0.419 e. The lowest BCUT2D eigenvalue weighted by Crippen LogP contribution is -2.48. The van der Waals surface area contributed by atoms with Crippen molar-refractivity contribution in [3.63, 3.8) is 0 Å². The minimum atomic E-state index is -4.47. The van der Waals surface area contributed by atoms with Gasteiger partial charge in [-0.2, -0.15) is 13.2 Å². The van der Waals surface area contributed by atoms with Crippen LogP contribution in [-0.4, -0.2) is 47.5 Å². The number of benzene rings is 1. The van der Waals surface area contributed by atoms with Gasteiger partial charge in [0.15, 0.2) is 0 Å². The number of carbonyl (C=O) groups excluding carboxylic acids is 1. The maximum Gasteiger partial charge on any atom is 0.419 e. The van der Waals surface area contributed by atoms with Gasteiger partial charge in [0, 0.05) is 36.9 Å². The lowest BCUT2D eigenvalue weighted by Gasteiger charge is -2.32. The summed E-state index contributed by atoms with van der Waals surface area (Å²) in [5.41, 5.74) is 1.53. The third-order valence-electron chi connectivity index (χ3n) is 4.42. The van der Waals surface area contributed by atoms with Gasteiger partial charge in [0.25, 0.3) is 0 Å². The number of anilines is 3. The van der Waals surface area contributed by atoms with Crippen molar-refractivity contribution in [3.8, 4) is 0 Å². The van der Waals surface area contributed by atoms with Crippen LogP contribution in [0.2, 0.25) is 0 Å². The van der Waals surface area contributed by atoms with Crippen LogP contribution in [0.5, 0.6) is 0 Å². The number of alkyl halides is 3. The summed E-state index contributed by atoms with van der Waals surface area (Å²) in [4.78, 5) is 23.4.